The Kier molecular flexibility index (Phi) is 7.65. The maximum absolute atomic E-state index is 12.8. The Bertz CT molecular complexity index is 372. The minimum atomic E-state index is -0.338. The average molecular weight is 283 g/mol. The first-order valence-corrected chi connectivity index (χ1v) is 7.21. The van der Waals surface area contributed by atoms with E-state index in [4.69, 9.17) is 10.8 Å². The summed E-state index contributed by atoms with van der Waals surface area (Å²) in [5.41, 5.74) is 6.90. The van der Waals surface area contributed by atoms with Gasteiger partial charge in [-0.2, -0.15) is 0 Å². The highest BCUT2D eigenvalue weighted by Crippen LogP contribution is 2.18. The minimum Gasteiger partial charge on any atom is -0.396 e. The predicted octanol–water partition coefficient (Wildman–Crippen LogP) is 1.95. The second-order valence-corrected chi connectivity index (χ2v) is 5.45. The molecule has 0 radical (unpaired) electrons. The quantitative estimate of drug-likeness (QED) is 0.680. The summed E-state index contributed by atoms with van der Waals surface area (Å²) in [6, 6.07) is 2.86. The molecule has 1 aromatic heterocycles. The number of nitrogens with two attached hydrogens (primary N) is 1. The molecule has 4 nitrogen and oxygen atoms in total. The van der Waals surface area contributed by atoms with Crippen molar-refractivity contribution in [3.05, 3.63) is 29.8 Å². The van der Waals surface area contributed by atoms with Crippen LogP contribution >= 0.6 is 0 Å². The van der Waals surface area contributed by atoms with Gasteiger partial charge in [0.25, 0.3) is 0 Å². The van der Waals surface area contributed by atoms with Crippen molar-refractivity contribution in [3.8, 4) is 0 Å². The molecule has 5 heteroatoms. The standard InChI is InChI=1S/C15H26FN3O/c1-12(11-19(2)8-4-3-5-9-20)15(17)14-7-6-13(16)10-18-14/h6-7,10,12,15,20H,3-5,8-9,11,17H2,1-2H3. The molecule has 0 fully saturated rings. The lowest BCUT2D eigenvalue weighted by molar-refractivity contribution is 0.248. The Morgan fingerprint density at radius 1 is 1.35 bits per heavy atom. The summed E-state index contributed by atoms with van der Waals surface area (Å²) in [4.78, 5) is 6.29. The van der Waals surface area contributed by atoms with Crippen LogP contribution in [0.15, 0.2) is 18.3 Å². The van der Waals surface area contributed by atoms with E-state index in [9.17, 15) is 4.39 Å². The number of pyridine rings is 1. The van der Waals surface area contributed by atoms with Crippen molar-refractivity contribution < 1.29 is 9.50 Å². The largest absolute Gasteiger partial charge is 0.396 e. The average Bonchev–Trinajstić information content (AvgIpc) is 2.43. The van der Waals surface area contributed by atoms with Crippen molar-refractivity contribution in [2.24, 2.45) is 11.7 Å². The second-order valence-electron chi connectivity index (χ2n) is 5.45. The van der Waals surface area contributed by atoms with Gasteiger partial charge in [0.2, 0.25) is 0 Å². The van der Waals surface area contributed by atoms with E-state index in [2.05, 4.69) is 23.9 Å². The van der Waals surface area contributed by atoms with Gasteiger partial charge in [-0.3, -0.25) is 4.98 Å². The summed E-state index contributed by atoms with van der Waals surface area (Å²) in [6.07, 6.45) is 4.19. The van der Waals surface area contributed by atoms with Crippen LogP contribution in [0.1, 0.15) is 37.9 Å². The van der Waals surface area contributed by atoms with Gasteiger partial charge in [0.1, 0.15) is 5.82 Å². The Balaban J connectivity index is 2.37. The molecule has 0 amide bonds. The maximum Gasteiger partial charge on any atom is 0.141 e. The number of hydrogen-bond donors (Lipinski definition) is 2. The molecule has 0 aliphatic carbocycles. The van der Waals surface area contributed by atoms with Gasteiger partial charge >= 0.3 is 0 Å². The predicted molar refractivity (Wildman–Crippen MR) is 78.7 cm³/mol. The fraction of sp³-hybridized carbons (Fsp3) is 0.667. The first kappa shape index (κ1) is 17.0. The molecule has 0 aromatic carbocycles. The highest BCUT2D eigenvalue weighted by molar-refractivity contribution is 5.10. The molecular formula is C15H26FN3O. The lowest BCUT2D eigenvalue weighted by atomic mass is 9.98. The fourth-order valence-electron chi connectivity index (χ4n) is 2.24. The molecular weight excluding hydrogens is 257 g/mol. The van der Waals surface area contributed by atoms with Gasteiger partial charge in [-0.1, -0.05) is 6.92 Å². The molecule has 2 atom stereocenters. The summed E-state index contributed by atoms with van der Waals surface area (Å²) in [7, 11) is 2.07. The third-order valence-electron chi connectivity index (χ3n) is 3.50. The molecule has 0 aliphatic rings. The summed E-state index contributed by atoms with van der Waals surface area (Å²) < 4.78 is 12.8. The smallest absolute Gasteiger partial charge is 0.141 e. The van der Waals surface area contributed by atoms with Crippen molar-refractivity contribution >= 4 is 0 Å². The van der Waals surface area contributed by atoms with Gasteiger partial charge in [0, 0.05) is 13.2 Å². The zero-order chi connectivity index (χ0) is 15.0. The number of hydrogen-bond acceptors (Lipinski definition) is 4. The van der Waals surface area contributed by atoms with Crippen molar-refractivity contribution in [2.75, 3.05) is 26.7 Å². The van der Waals surface area contributed by atoms with E-state index in [0.717, 1.165) is 38.0 Å². The lowest BCUT2D eigenvalue weighted by Crippen LogP contribution is -2.32. The van der Waals surface area contributed by atoms with Crippen molar-refractivity contribution in [2.45, 2.75) is 32.2 Å². The zero-order valence-electron chi connectivity index (χ0n) is 12.4. The molecule has 0 spiro atoms. The number of aliphatic hydroxyl groups excluding tert-OH is 1. The minimum absolute atomic E-state index is 0.185. The van der Waals surface area contributed by atoms with Gasteiger partial charge in [-0.15, -0.1) is 0 Å². The molecule has 0 bridgehead atoms. The molecule has 114 valence electrons. The van der Waals surface area contributed by atoms with Crippen LogP contribution in [0.2, 0.25) is 0 Å². The fourth-order valence-corrected chi connectivity index (χ4v) is 2.24. The van der Waals surface area contributed by atoms with Gasteiger partial charge in [-0.25, -0.2) is 4.39 Å². The van der Waals surface area contributed by atoms with Crippen LogP contribution in [0.5, 0.6) is 0 Å². The summed E-state index contributed by atoms with van der Waals surface area (Å²) in [5.74, 6) is -0.0922. The molecule has 0 saturated heterocycles. The SMILES string of the molecule is CC(CN(C)CCCCCO)C(N)c1ccc(F)cn1. The Labute approximate surface area is 120 Å². The molecule has 20 heavy (non-hydrogen) atoms. The Hall–Kier alpha value is -1.04. The highest BCUT2D eigenvalue weighted by atomic mass is 19.1. The first-order chi connectivity index (χ1) is 9.54. The van der Waals surface area contributed by atoms with Crippen LogP contribution < -0.4 is 5.73 Å². The highest BCUT2D eigenvalue weighted by Gasteiger charge is 2.17. The van der Waals surface area contributed by atoms with E-state index >= 15 is 0 Å². The van der Waals surface area contributed by atoms with Crippen LogP contribution in [0.4, 0.5) is 4.39 Å². The van der Waals surface area contributed by atoms with Crippen LogP contribution in [0.3, 0.4) is 0 Å². The number of halogens is 1. The van der Waals surface area contributed by atoms with E-state index in [1.807, 2.05) is 0 Å². The second kappa shape index (κ2) is 9.00. The molecule has 0 saturated carbocycles. The van der Waals surface area contributed by atoms with E-state index in [1.54, 1.807) is 6.07 Å². The van der Waals surface area contributed by atoms with Gasteiger partial charge < -0.3 is 15.7 Å². The van der Waals surface area contributed by atoms with Crippen LogP contribution in [-0.2, 0) is 0 Å². The third kappa shape index (κ3) is 5.94. The van der Waals surface area contributed by atoms with E-state index in [0.29, 0.717) is 0 Å². The first-order valence-electron chi connectivity index (χ1n) is 7.21. The van der Waals surface area contributed by atoms with E-state index in [1.165, 1.54) is 12.3 Å². The Morgan fingerprint density at radius 2 is 2.10 bits per heavy atom. The molecule has 1 heterocycles. The number of rotatable bonds is 9. The number of unbranched alkanes of at least 4 members (excludes halogenated alkanes) is 2. The third-order valence-corrected chi connectivity index (χ3v) is 3.50. The number of aromatic nitrogens is 1. The summed E-state index contributed by atoms with van der Waals surface area (Å²) in [6.45, 7) is 4.22. The van der Waals surface area contributed by atoms with Crippen molar-refractivity contribution in [3.63, 3.8) is 0 Å². The van der Waals surface area contributed by atoms with Gasteiger partial charge in [-0.05, 0) is 50.9 Å². The molecule has 0 aliphatic heterocycles. The van der Waals surface area contributed by atoms with Crippen LogP contribution in [0, 0.1) is 11.7 Å². The zero-order valence-corrected chi connectivity index (χ0v) is 12.4. The van der Waals surface area contributed by atoms with Crippen molar-refractivity contribution in [1.82, 2.24) is 9.88 Å². The van der Waals surface area contributed by atoms with Crippen LogP contribution in [-0.4, -0.2) is 41.7 Å². The van der Waals surface area contributed by atoms with E-state index < -0.39 is 0 Å². The van der Waals surface area contributed by atoms with Gasteiger partial charge in [0.15, 0.2) is 0 Å². The summed E-state index contributed by atoms with van der Waals surface area (Å²) >= 11 is 0. The molecule has 2 unspecified atom stereocenters. The molecule has 1 aromatic rings. The monoisotopic (exact) mass is 283 g/mol. The lowest BCUT2D eigenvalue weighted by Gasteiger charge is -2.25. The van der Waals surface area contributed by atoms with Crippen molar-refractivity contribution in [1.29, 1.82) is 0 Å². The molecule has 3 N–H and O–H groups in total. The topological polar surface area (TPSA) is 62.4 Å². The van der Waals surface area contributed by atoms with Gasteiger partial charge in [0.05, 0.1) is 17.9 Å². The summed E-state index contributed by atoms with van der Waals surface area (Å²) in [5, 5.41) is 8.73. The number of nitrogens with zero attached hydrogens (tertiary/aromatic N) is 2. The Morgan fingerprint density at radius 3 is 2.70 bits per heavy atom. The van der Waals surface area contributed by atoms with E-state index in [-0.39, 0.29) is 24.4 Å². The normalized spacial score (nSPS) is 14.5. The maximum atomic E-state index is 12.8. The molecule has 1 rings (SSSR count). The van der Waals surface area contributed by atoms with Crippen LogP contribution in [0.25, 0.3) is 0 Å². The number of aliphatic hydroxyl groups is 1.